The van der Waals surface area contributed by atoms with Gasteiger partial charge in [-0.15, -0.1) is 0 Å². The lowest BCUT2D eigenvalue weighted by Gasteiger charge is -1.97. The van der Waals surface area contributed by atoms with Crippen molar-refractivity contribution in [3.05, 3.63) is 36.0 Å². The fraction of sp³-hybridized carbons (Fsp3) is 0.500. The van der Waals surface area contributed by atoms with Gasteiger partial charge in [-0.3, -0.25) is 0 Å². The Kier molecular flexibility index (Phi) is 16.5. The maximum absolute atomic E-state index is 10.5. The van der Waals surface area contributed by atoms with Gasteiger partial charge in [0.15, 0.2) is 0 Å². The number of carbonyl (C=O) groups is 2. The summed E-state index contributed by atoms with van der Waals surface area (Å²) >= 11 is 0. The SMILES string of the molecule is CCC=CCCC(=CC(=O)O)C(=O)O.CCC=CCCO. The second-order valence-corrected chi connectivity index (χ2v) is 4.12. The Morgan fingerprint density at radius 1 is 0.905 bits per heavy atom. The number of allylic oxidation sites excluding steroid dienone is 3. The summed E-state index contributed by atoms with van der Waals surface area (Å²) in [6.07, 6.45) is 12.1. The smallest absolute Gasteiger partial charge is 0.331 e. The van der Waals surface area contributed by atoms with Crippen molar-refractivity contribution in [2.75, 3.05) is 6.61 Å². The molecular weight excluding hydrogens is 272 g/mol. The van der Waals surface area contributed by atoms with Crippen molar-refractivity contribution < 1.29 is 24.9 Å². The molecule has 5 nitrogen and oxygen atoms in total. The molecule has 5 heteroatoms. The van der Waals surface area contributed by atoms with Crippen molar-refractivity contribution in [3.63, 3.8) is 0 Å². The largest absolute Gasteiger partial charge is 0.478 e. The summed E-state index contributed by atoms with van der Waals surface area (Å²) in [4.78, 5) is 20.8. The second kappa shape index (κ2) is 16.2. The van der Waals surface area contributed by atoms with Gasteiger partial charge in [-0.05, 0) is 32.1 Å². The van der Waals surface area contributed by atoms with E-state index >= 15 is 0 Å². The number of hydrogen-bond donors (Lipinski definition) is 3. The molecule has 0 bridgehead atoms. The minimum absolute atomic E-state index is 0.0711. The van der Waals surface area contributed by atoms with Crippen LogP contribution in [0.15, 0.2) is 36.0 Å². The van der Waals surface area contributed by atoms with Crippen LogP contribution in [0.2, 0.25) is 0 Å². The fourth-order valence-electron chi connectivity index (χ4n) is 1.27. The lowest BCUT2D eigenvalue weighted by Crippen LogP contribution is -2.03. The van der Waals surface area contributed by atoms with E-state index in [0.29, 0.717) is 6.42 Å². The second-order valence-electron chi connectivity index (χ2n) is 4.12. The Balaban J connectivity index is 0. The highest BCUT2D eigenvalue weighted by Crippen LogP contribution is 2.06. The highest BCUT2D eigenvalue weighted by Gasteiger charge is 2.07. The summed E-state index contributed by atoms with van der Waals surface area (Å²) in [6, 6.07) is 0. The number of rotatable bonds is 9. The first-order valence-corrected chi connectivity index (χ1v) is 7.07. The molecule has 0 aliphatic rings. The van der Waals surface area contributed by atoms with Crippen LogP contribution in [-0.2, 0) is 9.59 Å². The Bertz CT molecular complexity index is 367. The Morgan fingerprint density at radius 2 is 1.43 bits per heavy atom. The third kappa shape index (κ3) is 18.1. The molecule has 0 spiro atoms. The van der Waals surface area contributed by atoms with Crippen LogP contribution >= 0.6 is 0 Å². The van der Waals surface area contributed by atoms with E-state index in [2.05, 4.69) is 13.0 Å². The highest BCUT2D eigenvalue weighted by molar-refractivity contribution is 5.94. The Labute approximate surface area is 126 Å². The molecule has 120 valence electrons. The lowest BCUT2D eigenvalue weighted by atomic mass is 10.1. The van der Waals surface area contributed by atoms with Gasteiger partial charge in [0.25, 0.3) is 0 Å². The maximum Gasteiger partial charge on any atom is 0.331 e. The van der Waals surface area contributed by atoms with Gasteiger partial charge < -0.3 is 15.3 Å². The zero-order valence-electron chi connectivity index (χ0n) is 12.8. The molecule has 3 N–H and O–H groups in total. The van der Waals surface area contributed by atoms with Gasteiger partial charge in [-0.1, -0.05) is 38.2 Å². The van der Waals surface area contributed by atoms with Crippen LogP contribution in [0.4, 0.5) is 0 Å². The first kappa shape index (κ1) is 21.4. The summed E-state index contributed by atoms with van der Waals surface area (Å²) in [5.74, 6) is -2.39. The van der Waals surface area contributed by atoms with Crippen LogP contribution in [0, 0.1) is 0 Å². The van der Waals surface area contributed by atoms with E-state index in [1.165, 1.54) is 0 Å². The monoisotopic (exact) mass is 298 g/mol. The molecule has 21 heavy (non-hydrogen) atoms. The first-order chi connectivity index (χ1) is 9.99. The van der Waals surface area contributed by atoms with Crippen LogP contribution in [0.25, 0.3) is 0 Å². The van der Waals surface area contributed by atoms with Crippen LogP contribution in [0.5, 0.6) is 0 Å². The third-order valence-electron chi connectivity index (χ3n) is 2.25. The molecule has 0 aliphatic carbocycles. The predicted molar refractivity (Wildman–Crippen MR) is 83.2 cm³/mol. The van der Waals surface area contributed by atoms with Crippen molar-refractivity contribution in [2.45, 2.75) is 46.0 Å². The number of aliphatic hydroxyl groups is 1. The van der Waals surface area contributed by atoms with Gasteiger partial charge in [0, 0.05) is 18.3 Å². The zero-order valence-corrected chi connectivity index (χ0v) is 12.8. The van der Waals surface area contributed by atoms with Crippen LogP contribution in [0.3, 0.4) is 0 Å². The molecule has 0 aromatic carbocycles. The van der Waals surface area contributed by atoms with E-state index < -0.39 is 11.9 Å². The average molecular weight is 298 g/mol. The molecule has 0 radical (unpaired) electrons. The van der Waals surface area contributed by atoms with E-state index in [1.807, 2.05) is 25.2 Å². The van der Waals surface area contributed by atoms with Gasteiger partial charge in [0.1, 0.15) is 0 Å². The summed E-state index contributed by atoms with van der Waals surface area (Å²) in [5.41, 5.74) is -0.0711. The van der Waals surface area contributed by atoms with Crippen LogP contribution < -0.4 is 0 Å². The summed E-state index contributed by atoms with van der Waals surface area (Å²) in [7, 11) is 0. The molecule has 0 saturated heterocycles. The van der Waals surface area contributed by atoms with Gasteiger partial charge in [0.05, 0.1) is 0 Å². The topological polar surface area (TPSA) is 94.8 Å². The maximum atomic E-state index is 10.5. The molecule has 0 rings (SSSR count). The van der Waals surface area contributed by atoms with E-state index in [9.17, 15) is 9.59 Å². The molecule has 0 heterocycles. The predicted octanol–water partition coefficient (Wildman–Crippen LogP) is 3.16. The quantitative estimate of drug-likeness (QED) is 0.449. The van der Waals surface area contributed by atoms with Crippen molar-refractivity contribution in [2.24, 2.45) is 0 Å². The fourth-order valence-corrected chi connectivity index (χ4v) is 1.27. The zero-order chi connectivity index (χ0) is 16.5. The minimum Gasteiger partial charge on any atom is -0.478 e. The van der Waals surface area contributed by atoms with E-state index in [0.717, 1.165) is 25.3 Å². The molecule has 0 fully saturated rings. The summed E-state index contributed by atoms with van der Waals surface area (Å²) in [5, 5.41) is 25.2. The standard InChI is InChI=1S/C10H14O4.C6H12O/c1-2-3-4-5-6-8(10(13)14)7-9(11)12;1-2-3-4-5-6-7/h3-4,7H,2,5-6H2,1H3,(H,11,12)(H,13,14);3-4,7H,2,5-6H2,1H3. The molecule has 0 aromatic rings. The normalized spacial score (nSPS) is 11.5. The lowest BCUT2D eigenvalue weighted by molar-refractivity contribution is -0.135. The van der Waals surface area contributed by atoms with Crippen LogP contribution in [-0.4, -0.2) is 33.9 Å². The van der Waals surface area contributed by atoms with E-state index in [4.69, 9.17) is 15.3 Å². The van der Waals surface area contributed by atoms with Gasteiger partial charge >= 0.3 is 11.9 Å². The molecule has 0 aliphatic heterocycles. The van der Waals surface area contributed by atoms with Crippen molar-refractivity contribution in [3.8, 4) is 0 Å². The van der Waals surface area contributed by atoms with Crippen LogP contribution in [0.1, 0.15) is 46.0 Å². The Morgan fingerprint density at radius 3 is 1.81 bits per heavy atom. The molecule has 0 atom stereocenters. The molecular formula is C16H26O5. The summed E-state index contributed by atoms with van der Waals surface area (Å²) < 4.78 is 0. The van der Waals surface area contributed by atoms with Gasteiger partial charge in [0.2, 0.25) is 0 Å². The Hall–Kier alpha value is -1.88. The summed E-state index contributed by atoms with van der Waals surface area (Å²) in [6.45, 7) is 4.33. The average Bonchev–Trinajstić information content (AvgIpc) is 2.43. The highest BCUT2D eigenvalue weighted by atomic mass is 16.4. The number of aliphatic hydroxyl groups excluding tert-OH is 1. The third-order valence-corrected chi connectivity index (χ3v) is 2.25. The molecule has 0 unspecified atom stereocenters. The number of hydrogen-bond acceptors (Lipinski definition) is 3. The van der Waals surface area contributed by atoms with Crippen molar-refractivity contribution in [1.82, 2.24) is 0 Å². The van der Waals surface area contributed by atoms with Crippen molar-refractivity contribution >= 4 is 11.9 Å². The number of carboxylic acids is 2. The minimum atomic E-state index is -1.22. The molecule has 0 saturated carbocycles. The first-order valence-electron chi connectivity index (χ1n) is 7.07. The van der Waals surface area contributed by atoms with E-state index in [-0.39, 0.29) is 18.6 Å². The molecule has 0 aromatic heterocycles. The van der Waals surface area contributed by atoms with E-state index in [1.54, 1.807) is 0 Å². The number of aliphatic carboxylic acids is 2. The van der Waals surface area contributed by atoms with Gasteiger partial charge in [-0.2, -0.15) is 0 Å². The number of carboxylic acid groups (broad SMARTS) is 2. The van der Waals surface area contributed by atoms with Crippen molar-refractivity contribution in [1.29, 1.82) is 0 Å². The van der Waals surface area contributed by atoms with Gasteiger partial charge in [-0.25, -0.2) is 9.59 Å². The molecule has 0 amide bonds.